The number of ether oxygens (including phenoxy) is 1. The summed E-state index contributed by atoms with van der Waals surface area (Å²) in [6, 6.07) is 5.78. The van der Waals surface area contributed by atoms with Crippen molar-refractivity contribution in [1.29, 1.82) is 0 Å². The fourth-order valence-electron chi connectivity index (χ4n) is 3.34. The predicted octanol–water partition coefficient (Wildman–Crippen LogP) is 1.34. The number of ketones is 1. The Kier molecular flexibility index (Phi) is 2.31. The highest BCUT2D eigenvalue weighted by Gasteiger charge is 2.52. The largest absolute Gasteiger partial charge is 0.361 e. The van der Waals surface area contributed by atoms with E-state index in [0.717, 1.165) is 4.90 Å². The van der Waals surface area contributed by atoms with E-state index in [9.17, 15) is 14.4 Å². The molecule has 2 amide bonds. The lowest BCUT2D eigenvalue weighted by atomic mass is 9.93. The highest BCUT2D eigenvalue weighted by atomic mass is 16.5. The van der Waals surface area contributed by atoms with Crippen LogP contribution in [0, 0.1) is 0 Å². The summed E-state index contributed by atoms with van der Waals surface area (Å²) < 4.78 is 5.80. The predicted molar refractivity (Wildman–Crippen MR) is 72.8 cm³/mol. The number of nitrogens with zero attached hydrogens (tertiary/aromatic N) is 1. The molecule has 4 rings (SSSR count). The van der Waals surface area contributed by atoms with Gasteiger partial charge in [0, 0.05) is 6.42 Å². The first-order valence-corrected chi connectivity index (χ1v) is 6.87. The normalized spacial score (nSPS) is 33.8. The molecule has 0 N–H and O–H groups in total. The Morgan fingerprint density at radius 3 is 2.38 bits per heavy atom. The van der Waals surface area contributed by atoms with Crippen LogP contribution in [0.4, 0.5) is 0 Å². The Bertz CT molecular complexity index is 688. The van der Waals surface area contributed by atoms with E-state index in [0.29, 0.717) is 11.1 Å². The maximum atomic E-state index is 12.5. The standard InChI is InChI=1S/C16H13NO4/c1-16-7-6-12(21-16)13(11(18)8-16)17-14(19)9-4-2-3-5-10(9)15(17)20/h2-7,12-13H,8H2,1H3/t12-,13-,16+/m0/s1. The summed E-state index contributed by atoms with van der Waals surface area (Å²) >= 11 is 0. The molecule has 1 aromatic rings. The summed E-state index contributed by atoms with van der Waals surface area (Å²) in [5.41, 5.74) is 0.105. The number of Topliss-reactive ketones (excluding diaryl/α,β-unsaturated/α-hetero) is 1. The number of amides is 2. The Morgan fingerprint density at radius 2 is 1.76 bits per heavy atom. The second kappa shape index (κ2) is 3.89. The fraction of sp³-hybridized carbons (Fsp3) is 0.312. The van der Waals surface area contributed by atoms with Crippen LogP contribution in [-0.2, 0) is 9.53 Å². The minimum Gasteiger partial charge on any atom is -0.361 e. The average molecular weight is 283 g/mol. The molecule has 0 radical (unpaired) electrons. The number of hydrogen-bond acceptors (Lipinski definition) is 4. The van der Waals surface area contributed by atoms with Gasteiger partial charge in [-0.15, -0.1) is 0 Å². The van der Waals surface area contributed by atoms with Crippen LogP contribution in [0.5, 0.6) is 0 Å². The lowest BCUT2D eigenvalue weighted by molar-refractivity contribution is -0.144. The zero-order chi connectivity index (χ0) is 14.8. The van der Waals surface area contributed by atoms with E-state index >= 15 is 0 Å². The van der Waals surface area contributed by atoms with Gasteiger partial charge in [-0.25, -0.2) is 0 Å². The summed E-state index contributed by atoms with van der Waals surface area (Å²) in [5, 5.41) is 0. The molecule has 3 aliphatic rings. The van der Waals surface area contributed by atoms with Gasteiger partial charge in [-0.2, -0.15) is 0 Å². The van der Waals surface area contributed by atoms with Crippen molar-refractivity contribution in [3.63, 3.8) is 0 Å². The average Bonchev–Trinajstić information content (AvgIpc) is 2.90. The van der Waals surface area contributed by atoms with Gasteiger partial charge >= 0.3 is 0 Å². The minimum atomic E-state index is -0.857. The van der Waals surface area contributed by atoms with E-state index in [2.05, 4.69) is 0 Å². The molecule has 5 nitrogen and oxygen atoms in total. The van der Waals surface area contributed by atoms with Gasteiger partial charge in [0.2, 0.25) is 0 Å². The van der Waals surface area contributed by atoms with Crippen molar-refractivity contribution in [2.24, 2.45) is 0 Å². The molecule has 106 valence electrons. The molecule has 3 heterocycles. The van der Waals surface area contributed by atoms with Crippen LogP contribution in [0.3, 0.4) is 0 Å². The monoisotopic (exact) mass is 283 g/mol. The molecule has 0 aromatic heterocycles. The highest BCUT2D eigenvalue weighted by molar-refractivity contribution is 6.23. The molecule has 3 atom stereocenters. The van der Waals surface area contributed by atoms with Gasteiger partial charge in [0.15, 0.2) is 5.78 Å². The first-order chi connectivity index (χ1) is 10.0. The van der Waals surface area contributed by atoms with E-state index in [1.165, 1.54) is 0 Å². The van der Waals surface area contributed by atoms with Gasteiger partial charge in [0.25, 0.3) is 11.8 Å². The topological polar surface area (TPSA) is 63.7 Å². The molecule has 0 spiro atoms. The van der Waals surface area contributed by atoms with E-state index < -0.39 is 29.6 Å². The Hall–Kier alpha value is -2.27. The summed E-state index contributed by atoms with van der Waals surface area (Å²) in [6.07, 6.45) is 3.25. The van der Waals surface area contributed by atoms with Gasteiger partial charge in [0.1, 0.15) is 12.1 Å². The van der Waals surface area contributed by atoms with Crippen LogP contribution < -0.4 is 0 Å². The van der Waals surface area contributed by atoms with Crippen LogP contribution in [-0.4, -0.2) is 40.2 Å². The van der Waals surface area contributed by atoms with Crippen LogP contribution >= 0.6 is 0 Å². The van der Waals surface area contributed by atoms with Crippen molar-refractivity contribution in [1.82, 2.24) is 4.90 Å². The molecule has 3 aliphatic heterocycles. The third kappa shape index (κ3) is 1.58. The number of rotatable bonds is 1. The van der Waals surface area contributed by atoms with Gasteiger partial charge < -0.3 is 4.74 Å². The van der Waals surface area contributed by atoms with Crippen LogP contribution in [0.1, 0.15) is 34.1 Å². The van der Waals surface area contributed by atoms with Crippen LogP contribution in [0.2, 0.25) is 0 Å². The summed E-state index contributed by atoms with van der Waals surface area (Å²) in [5.74, 6) is -0.962. The summed E-state index contributed by atoms with van der Waals surface area (Å²) in [6.45, 7) is 1.83. The second-order valence-electron chi connectivity index (χ2n) is 5.87. The molecule has 5 heteroatoms. The summed E-state index contributed by atoms with van der Waals surface area (Å²) in [7, 11) is 0. The zero-order valence-electron chi connectivity index (χ0n) is 11.4. The molecule has 0 aliphatic carbocycles. The third-order valence-electron chi connectivity index (χ3n) is 4.31. The second-order valence-corrected chi connectivity index (χ2v) is 5.87. The highest BCUT2D eigenvalue weighted by Crippen LogP contribution is 2.38. The van der Waals surface area contributed by atoms with Gasteiger partial charge in [0.05, 0.1) is 16.7 Å². The van der Waals surface area contributed by atoms with Gasteiger partial charge in [-0.05, 0) is 19.1 Å². The molecule has 1 saturated heterocycles. The number of hydrogen-bond donors (Lipinski definition) is 0. The Balaban J connectivity index is 1.76. The number of carbonyl (C=O) groups is 3. The van der Waals surface area contributed by atoms with Crippen molar-refractivity contribution in [2.75, 3.05) is 0 Å². The SMILES string of the molecule is C[C@]12C=C[C@H](O1)[C@@H](N1C(=O)c3ccccc3C1=O)C(=O)C2. The van der Waals surface area contributed by atoms with Gasteiger partial charge in [-0.1, -0.05) is 24.3 Å². The minimum absolute atomic E-state index is 0.131. The Labute approximate surface area is 121 Å². The first kappa shape index (κ1) is 12.5. The lowest BCUT2D eigenvalue weighted by Gasteiger charge is -2.37. The third-order valence-corrected chi connectivity index (χ3v) is 4.31. The van der Waals surface area contributed by atoms with E-state index in [-0.39, 0.29) is 12.2 Å². The van der Waals surface area contributed by atoms with Crippen molar-refractivity contribution in [2.45, 2.75) is 31.1 Å². The molecule has 0 unspecified atom stereocenters. The smallest absolute Gasteiger partial charge is 0.262 e. The molecular formula is C16H13NO4. The lowest BCUT2D eigenvalue weighted by Crippen LogP contribution is -2.56. The maximum Gasteiger partial charge on any atom is 0.262 e. The molecule has 2 bridgehead atoms. The van der Waals surface area contributed by atoms with E-state index in [1.807, 2.05) is 13.0 Å². The number of imide groups is 1. The molecule has 0 saturated carbocycles. The van der Waals surface area contributed by atoms with Crippen molar-refractivity contribution >= 4 is 17.6 Å². The van der Waals surface area contributed by atoms with Gasteiger partial charge in [-0.3, -0.25) is 19.3 Å². The number of fused-ring (bicyclic) bond motifs is 3. The molecule has 1 aromatic carbocycles. The molecule has 1 fully saturated rings. The number of benzene rings is 1. The molecular weight excluding hydrogens is 270 g/mol. The summed E-state index contributed by atoms with van der Waals surface area (Å²) in [4.78, 5) is 38.4. The first-order valence-electron chi connectivity index (χ1n) is 6.87. The number of carbonyl (C=O) groups excluding carboxylic acids is 3. The van der Waals surface area contributed by atoms with Crippen LogP contribution in [0.15, 0.2) is 36.4 Å². The van der Waals surface area contributed by atoms with Crippen molar-refractivity contribution < 1.29 is 19.1 Å². The van der Waals surface area contributed by atoms with E-state index in [4.69, 9.17) is 4.74 Å². The van der Waals surface area contributed by atoms with Crippen molar-refractivity contribution in [3.8, 4) is 0 Å². The Morgan fingerprint density at radius 1 is 1.14 bits per heavy atom. The van der Waals surface area contributed by atoms with Crippen molar-refractivity contribution in [3.05, 3.63) is 47.5 Å². The maximum absolute atomic E-state index is 12.5. The van der Waals surface area contributed by atoms with E-state index in [1.54, 1.807) is 30.3 Å². The fourth-order valence-corrected chi connectivity index (χ4v) is 3.34. The zero-order valence-corrected chi connectivity index (χ0v) is 11.4. The van der Waals surface area contributed by atoms with Crippen LogP contribution in [0.25, 0.3) is 0 Å². The molecule has 21 heavy (non-hydrogen) atoms. The quantitative estimate of drug-likeness (QED) is 0.576.